The van der Waals surface area contributed by atoms with E-state index in [0.717, 1.165) is 0 Å². The Bertz CT molecular complexity index is 1010. The number of benzene rings is 1. The van der Waals surface area contributed by atoms with Crippen LogP contribution in [0.15, 0.2) is 72.9 Å². The summed E-state index contributed by atoms with van der Waals surface area (Å²) in [6.07, 6.45) is 4.42. The first kappa shape index (κ1) is 18.7. The lowest BCUT2D eigenvalue weighted by Crippen LogP contribution is -2.13. The zero-order valence-electron chi connectivity index (χ0n) is 14.8. The third-order valence-corrected chi connectivity index (χ3v) is 3.80. The van der Waals surface area contributed by atoms with Gasteiger partial charge in [0.15, 0.2) is 0 Å². The number of carbonyl (C=O) groups is 1. The lowest BCUT2D eigenvalue weighted by atomic mass is 9.98. The summed E-state index contributed by atoms with van der Waals surface area (Å²) in [5, 5.41) is 21.2. The van der Waals surface area contributed by atoms with Crippen molar-refractivity contribution in [3.8, 4) is 5.88 Å². The molecule has 2 heterocycles. The summed E-state index contributed by atoms with van der Waals surface area (Å²) in [5.74, 6) is -2.27. The number of carboxylic acid groups (broad SMARTS) is 1. The minimum atomic E-state index is -1.39. The van der Waals surface area contributed by atoms with Crippen LogP contribution in [0.25, 0.3) is 5.57 Å². The highest BCUT2D eigenvalue weighted by Crippen LogP contribution is 2.32. The number of rotatable bonds is 6. The number of nitro groups is 1. The smallest absolute Gasteiger partial charge is 0.372 e. The number of aryl methyl sites for hydroxylation is 1. The number of aliphatic carboxylic acids is 1. The van der Waals surface area contributed by atoms with Gasteiger partial charge < -0.3 is 9.84 Å². The number of ether oxygens (including phenoxy) is 1. The third kappa shape index (κ3) is 4.01. The van der Waals surface area contributed by atoms with Gasteiger partial charge >= 0.3 is 11.7 Å². The van der Waals surface area contributed by atoms with Crippen LogP contribution in [0.3, 0.4) is 0 Å². The summed E-state index contributed by atoms with van der Waals surface area (Å²) < 4.78 is 5.49. The highest BCUT2D eigenvalue weighted by Gasteiger charge is 2.25. The first-order valence-electron chi connectivity index (χ1n) is 8.19. The Hall–Kier alpha value is -4.07. The molecule has 3 aromatic rings. The molecule has 0 aliphatic rings. The van der Waals surface area contributed by atoms with Gasteiger partial charge in [-0.3, -0.25) is 15.1 Å². The predicted molar refractivity (Wildman–Crippen MR) is 101 cm³/mol. The van der Waals surface area contributed by atoms with Crippen molar-refractivity contribution in [2.24, 2.45) is 0 Å². The van der Waals surface area contributed by atoms with Gasteiger partial charge in [0.1, 0.15) is 0 Å². The largest absolute Gasteiger partial charge is 0.475 e. The van der Waals surface area contributed by atoms with Crippen LogP contribution in [0.4, 0.5) is 5.69 Å². The molecule has 1 aromatic carbocycles. The minimum Gasteiger partial charge on any atom is -0.475 e. The summed E-state index contributed by atoms with van der Waals surface area (Å²) in [7, 11) is 0. The van der Waals surface area contributed by atoms with Crippen molar-refractivity contribution in [2.75, 3.05) is 0 Å². The summed E-state index contributed by atoms with van der Waals surface area (Å²) in [6, 6.07) is 13.3. The molecular weight excluding hydrogens is 362 g/mol. The highest BCUT2D eigenvalue weighted by atomic mass is 16.6. The van der Waals surface area contributed by atoms with Gasteiger partial charge in [-0.15, -0.1) is 0 Å². The molecule has 0 fully saturated rings. The van der Waals surface area contributed by atoms with Crippen LogP contribution in [0.5, 0.6) is 5.88 Å². The number of nitrogens with zero attached hydrogens (tertiary/aromatic N) is 3. The van der Waals surface area contributed by atoms with Gasteiger partial charge in [0, 0.05) is 35.8 Å². The second-order valence-corrected chi connectivity index (χ2v) is 5.81. The quantitative estimate of drug-likeness (QED) is 0.302. The summed E-state index contributed by atoms with van der Waals surface area (Å²) in [6.45, 7) is 1.64. The summed E-state index contributed by atoms with van der Waals surface area (Å²) >= 11 is 0. The number of hydrogen-bond acceptors (Lipinski definition) is 6. The average Bonchev–Trinajstić information content (AvgIpc) is 2.70. The van der Waals surface area contributed by atoms with Gasteiger partial charge in [0.05, 0.1) is 4.92 Å². The second kappa shape index (κ2) is 8.09. The van der Waals surface area contributed by atoms with E-state index in [0.29, 0.717) is 16.7 Å². The van der Waals surface area contributed by atoms with E-state index in [2.05, 4.69) is 9.97 Å². The van der Waals surface area contributed by atoms with Crippen LogP contribution in [0, 0.1) is 17.0 Å². The summed E-state index contributed by atoms with van der Waals surface area (Å²) in [5.41, 5.74) is 1.41. The first-order valence-corrected chi connectivity index (χ1v) is 8.19. The third-order valence-electron chi connectivity index (χ3n) is 3.80. The van der Waals surface area contributed by atoms with Crippen molar-refractivity contribution in [1.82, 2.24) is 9.97 Å². The molecule has 8 nitrogen and oxygen atoms in total. The zero-order chi connectivity index (χ0) is 20.1. The Morgan fingerprint density at radius 3 is 2.43 bits per heavy atom. The predicted octanol–water partition coefficient (Wildman–Crippen LogP) is 3.62. The number of hydrogen-bond donors (Lipinski definition) is 1. The van der Waals surface area contributed by atoms with Crippen LogP contribution in [-0.4, -0.2) is 26.0 Å². The van der Waals surface area contributed by atoms with E-state index in [1.54, 1.807) is 55.6 Å². The van der Waals surface area contributed by atoms with Crippen LogP contribution < -0.4 is 4.74 Å². The lowest BCUT2D eigenvalue weighted by molar-refractivity contribution is -0.386. The van der Waals surface area contributed by atoms with E-state index in [-0.39, 0.29) is 5.57 Å². The normalized spacial score (nSPS) is 11.5. The Morgan fingerprint density at radius 1 is 1.11 bits per heavy atom. The second-order valence-electron chi connectivity index (χ2n) is 5.81. The molecule has 3 rings (SSSR count). The maximum atomic E-state index is 12.0. The molecule has 1 N–H and O–H groups in total. The van der Waals surface area contributed by atoms with Gasteiger partial charge in [-0.05, 0) is 24.1 Å². The SMILES string of the molecule is Cc1cnc(OC(C(=O)O)=C(c2ccccc2)c2cccnc2)c([N+](=O)[O-])c1. The van der Waals surface area contributed by atoms with E-state index < -0.39 is 28.2 Å². The van der Waals surface area contributed by atoms with Gasteiger partial charge in [-0.25, -0.2) is 9.78 Å². The van der Waals surface area contributed by atoms with Crippen LogP contribution in [0.2, 0.25) is 0 Å². The van der Waals surface area contributed by atoms with E-state index >= 15 is 0 Å². The minimum absolute atomic E-state index is 0.234. The fourth-order valence-electron chi connectivity index (χ4n) is 2.59. The monoisotopic (exact) mass is 377 g/mol. The molecule has 28 heavy (non-hydrogen) atoms. The molecule has 0 aliphatic carbocycles. The topological polar surface area (TPSA) is 115 Å². The molecule has 0 radical (unpaired) electrons. The molecular formula is C20H15N3O5. The van der Waals surface area contributed by atoms with E-state index in [1.165, 1.54) is 18.5 Å². The molecule has 0 amide bonds. The van der Waals surface area contributed by atoms with Crippen molar-refractivity contribution in [3.63, 3.8) is 0 Å². The van der Waals surface area contributed by atoms with Gasteiger partial charge in [0.2, 0.25) is 5.76 Å². The number of aromatic nitrogens is 2. The van der Waals surface area contributed by atoms with Gasteiger partial charge in [-0.1, -0.05) is 36.4 Å². The van der Waals surface area contributed by atoms with Crippen LogP contribution >= 0.6 is 0 Å². The average molecular weight is 377 g/mol. The molecule has 8 heteroatoms. The molecule has 2 aromatic heterocycles. The Kier molecular flexibility index (Phi) is 5.40. The Morgan fingerprint density at radius 2 is 1.82 bits per heavy atom. The summed E-state index contributed by atoms with van der Waals surface area (Å²) in [4.78, 5) is 30.7. The zero-order valence-corrected chi connectivity index (χ0v) is 14.8. The maximum absolute atomic E-state index is 12.0. The molecule has 0 bridgehead atoms. The van der Waals surface area contributed by atoms with Crippen molar-refractivity contribution in [1.29, 1.82) is 0 Å². The molecule has 0 unspecified atom stereocenters. The standard InChI is InChI=1S/C20H15N3O5/c1-13-10-16(23(26)27)19(22-11-13)28-18(20(24)25)17(14-6-3-2-4-7-14)15-8-5-9-21-12-15/h2-12H,1H3,(H,24,25). The molecule has 0 aliphatic heterocycles. The fraction of sp³-hybridized carbons (Fsp3) is 0.0500. The van der Waals surface area contributed by atoms with E-state index in [4.69, 9.17) is 4.74 Å². The van der Waals surface area contributed by atoms with Crippen molar-refractivity contribution in [3.05, 3.63) is 99.7 Å². The van der Waals surface area contributed by atoms with Crippen LogP contribution in [0.1, 0.15) is 16.7 Å². The van der Waals surface area contributed by atoms with Crippen LogP contribution in [-0.2, 0) is 4.79 Å². The molecule has 0 saturated heterocycles. The first-order chi connectivity index (χ1) is 13.5. The van der Waals surface area contributed by atoms with Crippen molar-refractivity contribution < 1.29 is 19.6 Å². The molecule has 140 valence electrons. The molecule has 0 saturated carbocycles. The van der Waals surface area contributed by atoms with Crippen molar-refractivity contribution >= 4 is 17.2 Å². The Labute approximate surface area is 159 Å². The number of carboxylic acids is 1. The highest BCUT2D eigenvalue weighted by molar-refractivity contribution is 5.99. The van der Waals surface area contributed by atoms with E-state index in [9.17, 15) is 20.0 Å². The van der Waals surface area contributed by atoms with Crippen molar-refractivity contribution in [2.45, 2.75) is 6.92 Å². The van der Waals surface area contributed by atoms with E-state index in [1.807, 2.05) is 0 Å². The van der Waals surface area contributed by atoms with Gasteiger partial charge in [0.25, 0.3) is 5.88 Å². The fourth-order valence-corrected chi connectivity index (χ4v) is 2.59. The maximum Gasteiger partial charge on any atom is 0.372 e. The molecule has 0 atom stereocenters. The van der Waals surface area contributed by atoms with Gasteiger partial charge in [-0.2, -0.15) is 0 Å². The number of pyridine rings is 2. The lowest BCUT2D eigenvalue weighted by Gasteiger charge is -2.13. The Balaban J connectivity index is 2.23. The molecule has 0 spiro atoms.